The van der Waals surface area contributed by atoms with Gasteiger partial charge in [0.05, 0.1) is 7.11 Å². The van der Waals surface area contributed by atoms with Crippen molar-refractivity contribution in [1.29, 1.82) is 0 Å². The zero-order chi connectivity index (χ0) is 17.7. The van der Waals surface area contributed by atoms with Gasteiger partial charge in [0, 0.05) is 10.7 Å². The van der Waals surface area contributed by atoms with E-state index >= 15 is 0 Å². The molecule has 5 nitrogen and oxygen atoms in total. The number of carbonyl (C=O) groups excluding carboxylic acids is 2. The fourth-order valence-electron chi connectivity index (χ4n) is 2.05. The first-order valence-corrected chi connectivity index (χ1v) is 7.71. The van der Waals surface area contributed by atoms with E-state index in [-0.39, 0.29) is 5.56 Å². The summed E-state index contributed by atoms with van der Waals surface area (Å²) in [6, 6.07) is 11.8. The van der Waals surface area contributed by atoms with Crippen molar-refractivity contribution in [1.82, 2.24) is 0 Å². The molecule has 6 heteroatoms. The highest BCUT2D eigenvalue weighted by molar-refractivity contribution is 6.31. The number of nitrogens with one attached hydrogen (secondary N) is 1. The van der Waals surface area contributed by atoms with Crippen molar-refractivity contribution in [2.45, 2.75) is 20.0 Å². The fourth-order valence-corrected chi connectivity index (χ4v) is 2.23. The summed E-state index contributed by atoms with van der Waals surface area (Å²) in [5.41, 5.74) is 1.70. The minimum Gasteiger partial charge on any atom is -0.496 e. The number of ether oxygens (including phenoxy) is 2. The molecule has 2 aromatic rings. The number of carbonyl (C=O) groups is 2. The Balaban J connectivity index is 2.06. The van der Waals surface area contributed by atoms with E-state index in [2.05, 4.69) is 5.32 Å². The Morgan fingerprint density at radius 1 is 1.17 bits per heavy atom. The van der Waals surface area contributed by atoms with Crippen LogP contribution in [0.3, 0.4) is 0 Å². The van der Waals surface area contributed by atoms with Crippen LogP contribution >= 0.6 is 11.6 Å². The zero-order valence-corrected chi connectivity index (χ0v) is 14.4. The number of anilines is 1. The average Bonchev–Trinajstić information content (AvgIpc) is 2.57. The van der Waals surface area contributed by atoms with Crippen LogP contribution in [0.25, 0.3) is 0 Å². The van der Waals surface area contributed by atoms with Crippen molar-refractivity contribution in [3.05, 3.63) is 58.6 Å². The smallest absolute Gasteiger partial charge is 0.342 e. The van der Waals surface area contributed by atoms with E-state index in [1.807, 2.05) is 6.92 Å². The molecular formula is C18H18ClNO4. The lowest BCUT2D eigenvalue weighted by Gasteiger charge is -2.15. The number of benzene rings is 2. The van der Waals surface area contributed by atoms with E-state index in [0.717, 1.165) is 5.56 Å². The molecule has 1 amide bonds. The quantitative estimate of drug-likeness (QED) is 0.834. The van der Waals surface area contributed by atoms with Crippen LogP contribution in [0.5, 0.6) is 5.75 Å². The Kier molecular flexibility index (Phi) is 5.82. The molecule has 0 radical (unpaired) electrons. The molecule has 0 unspecified atom stereocenters. The molecule has 1 atom stereocenters. The predicted molar refractivity (Wildman–Crippen MR) is 92.7 cm³/mol. The summed E-state index contributed by atoms with van der Waals surface area (Å²) in [5.74, 6) is -0.678. The van der Waals surface area contributed by atoms with Gasteiger partial charge in [0.25, 0.3) is 5.91 Å². The Morgan fingerprint density at radius 3 is 2.58 bits per heavy atom. The van der Waals surface area contributed by atoms with Crippen molar-refractivity contribution in [3.63, 3.8) is 0 Å². The molecule has 2 aromatic carbocycles. The van der Waals surface area contributed by atoms with Crippen molar-refractivity contribution in [3.8, 4) is 5.75 Å². The molecule has 0 aliphatic rings. The highest BCUT2D eigenvalue weighted by atomic mass is 35.5. The Hall–Kier alpha value is -2.53. The third-order valence-corrected chi connectivity index (χ3v) is 3.67. The Labute approximate surface area is 145 Å². The van der Waals surface area contributed by atoms with Crippen LogP contribution in [0.2, 0.25) is 5.02 Å². The number of rotatable bonds is 5. The van der Waals surface area contributed by atoms with Crippen molar-refractivity contribution < 1.29 is 19.1 Å². The fraction of sp³-hybridized carbons (Fsp3) is 0.222. The predicted octanol–water partition coefficient (Wildman–Crippen LogP) is 3.84. The number of hydrogen-bond donors (Lipinski definition) is 1. The second-order valence-corrected chi connectivity index (χ2v) is 5.63. The SMILES string of the molecule is COc1ccccc1C(=O)O[C@@H](C)C(=O)Nc1cc(Cl)ccc1C. The van der Waals surface area contributed by atoms with Crippen molar-refractivity contribution in [2.24, 2.45) is 0 Å². The van der Waals surface area contributed by atoms with Gasteiger partial charge in [-0.25, -0.2) is 4.79 Å². The molecule has 0 aliphatic carbocycles. The van der Waals surface area contributed by atoms with Crippen LogP contribution in [-0.2, 0) is 9.53 Å². The normalized spacial score (nSPS) is 11.5. The monoisotopic (exact) mass is 347 g/mol. The van der Waals surface area contributed by atoms with Gasteiger partial charge in [-0.2, -0.15) is 0 Å². The molecule has 0 bridgehead atoms. The van der Waals surface area contributed by atoms with E-state index in [4.69, 9.17) is 21.1 Å². The number of methoxy groups -OCH3 is 1. The number of amides is 1. The largest absolute Gasteiger partial charge is 0.496 e. The molecule has 0 saturated heterocycles. The average molecular weight is 348 g/mol. The summed E-state index contributed by atoms with van der Waals surface area (Å²) >= 11 is 5.93. The lowest BCUT2D eigenvalue weighted by molar-refractivity contribution is -0.123. The van der Waals surface area contributed by atoms with Crippen LogP contribution in [0, 0.1) is 6.92 Å². The molecule has 0 saturated carbocycles. The minimum absolute atomic E-state index is 0.263. The molecule has 0 fully saturated rings. The molecule has 24 heavy (non-hydrogen) atoms. The van der Waals surface area contributed by atoms with Crippen LogP contribution in [0.1, 0.15) is 22.8 Å². The minimum atomic E-state index is -0.971. The maximum atomic E-state index is 12.2. The van der Waals surface area contributed by atoms with Crippen LogP contribution in [-0.4, -0.2) is 25.1 Å². The lowest BCUT2D eigenvalue weighted by Crippen LogP contribution is -2.30. The number of aryl methyl sites for hydroxylation is 1. The highest BCUT2D eigenvalue weighted by Gasteiger charge is 2.21. The first kappa shape index (κ1) is 17.8. The molecule has 0 heterocycles. The molecular weight excluding hydrogens is 330 g/mol. The van der Waals surface area contributed by atoms with E-state index < -0.39 is 18.0 Å². The molecule has 0 aliphatic heterocycles. The van der Waals surface area contributed by atoms with Crippen molar-refractivity contribution in [2.75, 3.05) is 12.4 Å². The maximum absolute atomic E-state index is 12.2. The summed E-state index contributed by atoms with van der Waals surface area (Å²) in [6.45, 7) is 3.35. The van der Waals surface area contributed by atoms with Crippen molar-refractivity contribution >= 4 is 29.2 Å². The van der Waals surface area contributed by atoms with E-state index in [0.29, 0.717) is 16.5 Å². The van der Waals surface area contributed by atoms with Crippen LogP contribution in [0.4, 0.5) is 5.69 Å². The molecule has 0 spiro atoms. The van der Waals surface area contributed by atoms with Gasteiger partial charge < -0.3 is 14.8 Å². The molecule has 1 N–H and O–H groups in total. The summed E-state index contributed by atoms with van der Waals surface area (Å²) in [7, 11) is 1.46. The number of hydrogen-bond acceptors (Lipinski definition) is 4. The first-order chi connectivity index (χ1) is 11.4. The van der Waals surface area contributed by atoms with Gasteiger partial charge in [0.2, 0.25) is 0 Å². The summed E-state index contributed by atoms with van der Waals surface area (Å²) in [4.78, 5) is 24.4. The summed E-state index contributed by atoms with van der Waals surface area (Å²) in [5, 5.41) is 3.21. The van der Waals surface area contributed by atoms with Gasteiger partial charge in [-0.05, 0) is 43.7 Å². The van der Waals surface area contributed by atoms with Gasteiger partial charge in [-0.3, -0.25) is 4.79 Å². The van der Waals surface area contributed by atoms with Gasteiger partial charge in [0.1, 0.15) is 11.3 Å². The van der Waals surface area contributed by atoms with Gasteiger partial charge in [-0.1, -0.05) is 29.8 Å². The zero-order valence-electron chi connectivity index (χ0n) is 13.6. The molecule has 126 valence electrons. The highest BCUT2D eigenvalue weighted by Crippen LogP contribution is 2.21. The maximum Gasteiger partial charge on any atom is 0.342 e. The molecule has 2 rings (SSSR count). The van der Waals surface area contributed by atoms with Gasteiger partial charge in [0.15, 0.2) is 6.10 Å². The lowest BCUT2D eigenvalue weighted by atomic mass is 10.2. The van der Waals surface area contributed by atoms with E-state index in [9.17, 15) is 9.59 Å². The number of para-hydroxylation sites is 1. The third-order valence-electron chi connectivity index (χ3n) is 3.44. The van der Waals surface area contributed by atoms with Gasteiger partial charge in [-0.15, -0.1) is 0 Å². The number of halogens is 1. The summed E-state index contributed by atoms with van der Waals surface area (Å²) in [6.07, 6.45) is -0.971. The Bertz CT molecular complexity index is 760. The van der Waals surface area contributed by atoms with Gasteiger partial charge >= 0.3 is 5.97 Å². The molecule has 0 aromatic heterocycles. The third kappa shape index (κ3) is 4.26. The second-order valence-electron chi connectivity index (χ2n) is 5.20. The topological polar surface area (TPSA) is 64.6 Å². The number of esters is 1. The van der Waals surface area contributed by atoms with E-state index in [1.165, 1.54) is 14.0 Å². The summed E-state index contributed by atoms with van der Waals surface area (Å²) < 4.78 is 10.3. The Morgan fingerprint density at radius 2 is 1.88 bits per heavy atom. The van der Waals surface area contributed by atoms with Crippen LogP contribution in [0.15, 0.2) is 42.5 Å². The first-order valence-electron chi connectivity index (χ1n) is 7.33. The standard InChI is InChI=1S/C18H18ClNO4/c1-11-8-9-13(19)10-15(11)20-17(21)12(2)24-18(22)14-6-4-5-7-16(14)23-3/h4-10,12H,1-3H3,(H,20,21)/t12-/m0/s1. The second kappa shape index (κ2) is 7.84. The van der Waals surface area contributed by atoms with Crippen LogP contribution < -0.4 is 10.1 Å². The van der Waals surface area contributed by atoms with E-state index in [1.54, 1.807) is 42.5 Å².